The van der Waals surface area contributed by atoms with E-state index in [1.165, 1.54) is 51.4 Å². The van der Waals surface area contributed by atoms with E-state index in [4.69, 9.17) is 4.74 Å². The van der Waals surface area contributed by atoms with Crippen molar-refractivity contribution in [3.05, 3.63) is 25.3 Å². The topological polar surface area (TPSA) is 9.23 Å². The van der Waals surface area contributed by atoms with Crippen molar-refractivity contribution in [2.24, 2.45) is 17.8 Å². The number of hydrogen-bond acceptors (Lipinski definition) is 1. The number of ether oxygens (including phenoxy) is 1. The van der Waals surface area contributed by atoms with Crippen LogP contribution in [0.2, 0.25) is 0 Å². The predicted octanol–water partition coefficient (Wildman–Crippen LogP) is 5.13. The van der Waals surface area contributed by atoms with Gasteiger partial charge in [0, 0.05) is 0 Å². The van der Waals surface area contributed by atoms with Crippen molar-refractivity contribution in [2.45, 2.75) is 63.9 Å². The van der Waals surface area contributed by atoms with Crippen LogP contribution in [0, 0.1) is 17.8 Å². The van der Waals surface area contributed by atoms with Crippen LogP contribution in [0.25, 0.3) is 0 Å². The van der Waals surface area contributed by atoms with Gasteiger partial charge in [-0.15, -0.1) is 13.2 Å². The van der Waals surface area contributed by atoms with Crippen LogP contribution >= 0.6 is 0 Å². The first-order chi connectivity index (χ1) is 9.33. The van der Waals surface area contributed by atoms with E-state index in [-0.39, 0.29) is 0 Å². The highest BCUT2D eigenvalue weighted by Gasteiger charge is 2.30. The molecule has 0 spiro atoms. The third kappa shape index (κ3) is 4.49. The second-order valence-corrected chi connectivity index (χ2v) is 6.40. The lowest BCUT2D eigenvalue weighted by molar-refractivity contribution is 0.00985. The molecule has 2 fully saturated rings. The lowest BCUT2D eigenvalue weighted by Crippen LogP contribution is -2.28. The van der Waals surface area contributed by atoms with Gasteiger partial charge in [-0.2, -0.15) is 0 Å². The van der Waals surface area contributed by atoms with Crippen LogP contribution in [0.1, 0.15) is 57.8 Å². The molecule has 0 heterocycles. The van der Waals surface area contributed by atoms with E-state index < -0.39 is 0 Å². The molecule has 0 saturated heterocycles. The first-order valence-corrected chi connectivity index (χ1v) is 8.18. The highest BCUT2D eigenvalue weighted by Crippen LogP contribution is 2.40. The maximum Gasteiger partial charge on any atom is 0.0575 e. The fourth-order valence-electron chi connectivity index (χ4n) is 3.90. The fourth-order valence-corrected chi connectivity index (χ4v) is 3.90. The van der Waals surface area contributed by atoms with E-state index in [1.54, 1.807) is 0 Å². The molecule has 0 aromatic heterocycles. The van der Waals surface area contributed by atoms with Gasteiger partial charge in [-0.3, -0.25) is 0 Å². The Morgan fingerprint density at radius 2 is 1.42 bits per heavy atom. The highest BCUT2D eigenvalue weighted by atomic mass is 16.5. The van der Waals surface area contributed by atoms with Crippen molar-refractivity contribution in [3.8, 4) is 0 Å². The van der Waals surface area contributed by atoms with Crippen LogP contribution in [0.4, 0.5) is 0 Å². The largest absolute Gasteiger partial charge is 0.378 e. The number of rotatable bonds is 6. The summed E-state index contributed by atoms with van der Waals surface area (Å²) in [6.45, 7) is 8.55. The van der Waals surface area contributed by atoms with Gasteiger partial charge in [0.05, 0.1) is 12.7 Å². The summed E-state index contributed by atoms with van der Waals surface area (Å²) in [7, 11) is 0. The van der Waals surface area contributed by atoms with Gasteiger partial charge in [0.25, 0.3) is 0 Å². The average molecular weight is 262 g/mol. The molecule has 0 bridgehead atoms. The first-order valence-electron chi connectivity index (χ1n) is 8.18. The van der Waals surface area contributed by atoms with Crippen LogP contribution in [0.3, 0.4) is 0 Å². The minimum absolute atomic E-state index is 0.528. The molecule has 0 aromatic rings. The first kappa shape index (κ1) is 14.8. The molecule has 0 N–H and O–H groups in total. The van der Waals surface area contributed by atoms with Gasteiger partial charge in [-0.1, -0.05) is 12.2 Å². The maximum absolute atomic E-state index is 5.91. The Labute approximate surface area is 119 Å². The van der Waals surface area contributed by atoms with Gasteiger partial charge >= 0.3 is 0 Å². The molecular weight excluding hydrogens is 232 g/mol. The molecule has 19 heavy (non-hydrogen) atoms. The maximum atomic E-state index is 5.91. The highest BCUT2D eigenvalue weighted by molar-refractivity contribution is 4.87. The summed E-state index contributed by atoms with van der Waals surface area (Å²) in [6, 6.07) is 0. The van der Waals surface area contributed by atoms with E-state index in [0.29, 0.717) is 6.10 Å². The predicted molar refractivity (Wildman–Crippen MR) is 82.2 cm³/mol. The van der Waals surface area contributed by atoms with Crippen molar-refractivity contribution in [1.29, 1.82) is 0 Å². The molecule has 2 aliphatic rings. The Bertz CT molecular complexity index is 267. The molecule has 0 aliphatic heterocycles. The smallest absolute Gasteiger partial charge is 0.0575 e. The average Bonchev–Trinajstić information content (AvgIpc) is 2.48. The van der Waals surface area contributed by atoms with Crippen molar-refractivity contribution in [3.63, 3.8) is 0 Å². The third-order valence-electron chi connectivity index (χ3n) is 5.21. The van der Waals surface area contributed by atoms with E-state index in [0.717, 1.165) is 30.8 Å². The van der Waals surface area contributed by atoms with Crippen LogP contribution in [-0.2, 0) is 4.74 Å². The molecular formula is C18H30O. The Hall–Kier alpha value is -0.560. The SMILES string of the molecule is C=CCCO[C@H]1CC[C@H]([C@H]2CC[C@H](C=C)CC2)CC1. The minimum atomic E-state index is 0.528. The summed E-state index contributed by atoms with van der Waals surface area (Å²) in [5.41, 5.74) is 0. The molecule has 2 saturated carbocycles. The van der Waals surface area contributed by atoms with Crippen molar-refractivity contribution in [1.82, 2.24) is 0 Å². The van der Waals surface area contributed by atoms with Gasteiger partial charge in [-0.05, 0) is 75.5 Å². The molecule has 2 rings (SSSR count). The number of allylic oxidation sites excluding steroid dienone is 1. The zero-order chi connectivity index (χ0) is 13.5. The Morgan fingerprint density at radius 3 is 1.95 bits per heavy atom. The summed E-state index contributed by atoms with van der Waals surface area (Å²) in [4.78, 5) is 0. The normalized spacial score (nSPS) is 35.8. The monoisotopic (exact) mass is 262 g/mol. The van der Waals surface area contributed by atoms with E-state index in [1.807, 2.05) is 6.08 Å². The standard InChI is InChI=1S/C18H30O/c1-3-5-14-19-18-12-10-17(11-13-18)16-8-6-15(4-2)7-9-16/h3-4,15-18H,1-2,5-14H2/t15-,16-,17-,18-. The summed E-state index contributed by atoms with van der Waals surface area (Å²) in [5, 5.41) is 0. The Balaban J connectivity index is 1.66. The van der Waals surface area contributed by atoms with Crippen LogP contribution in [0.5, 0.6) is 0 Å². The zero-order valence-corrected chi connectivity index (χ0v) is 12.4. The van der Waals surface area contributed by atoms with Crippen LogP contribution in [-0.4, -0.2) is 12.7 Å². The third-order valence-corrected chi connectivity index (χ3v) is 5.21. The summed E-state index contributed by atoms with van der Waals surface area (Å²) in [5.74, 6) is 2.77. The molecule has 2 aliphatic carbocycles. The van der Waals surface area contributed by atoms with Crippen molar-refractivity contribution >= 4 is 0 Å². The molecule has 108 valence electrons. The Kier molecular flexibility index (Phi) is 6.16. The second-order valence-electron chi connectivity index (χ2n) is 6.40. The summed E-state index contributed by atoms with van der Waals surface area (Å²) in [6.07, 6.45) is 16.6. The molecule has 1 nitrogen and oxygen atoms in total. The van der Waals surface area contributed by atoms with Gasteiger partial charge in [0.15, 0.2) is 0 Å². The molecule has 0 unspecified atom stereocenters. The van der Waals surface area contributed by atoms with Gasteiger partial charge in [0.2, 0.25) is 0 Å². The van der Waals surface area contributed by atoms with Crippen LogP contribution < -0.4 is 0 Å². The van der Waals surface area contributed by atoms with Crippen molar-refractivity contribution < 1.29 is 4.74 Å². The summed E-state index contributed by atoms with van der Waals surface area (Å²) >= 11 is 0. The quantitative estimate of drug-likeness (QED) is 0.476. The lowest BCUT2D eigenvalue weighted by Gasteiger charge is -2.37. The Morgan fingerprint density at radius 1 is 0.842 bits per heavy atom. The van der Waals surface area contributed by atoms with E-state index in [2.05, 4.69) is 19.2 Å². The zero-order valence-electron chi connectivity index (χ0n) is 12.4. The number of hydrogen-bond donors (Lipinski definition) is 0. The van der Waals surface area contributed by atoms with Crippen LogP contribution in [0.15, 0.2) is 25.3 Å². The van der Waals surface area contributed by atoms with E-state index in [9.17, 15) is 0 Å². The molecule has 0 aromatic carbocycles. The lowest BCUT2D eigenvalue weighted by atomic mass is 9.70. The fraction of sp³-hybridized carbons (Fsp3) is 0.778. The second kappa shape index (κ2) is 7.89. The minimum Gasteiger partial charge on any atom is -0.378 e. The van der Waals surface area contributed by atoms with E-state index >= 15 is 0 Å². The molecule has 0 amide bonds. The van der Waals surface area contributed by atoms with Gasteiger partial charge < -0.3 is 4.74 Å². The van der Waals surface area contributed by atoms with Crippen molar-refractivity contribution in [2.75, 3.05) is 6.61 Å². The molecule has 0 atom stereocenters. The summed E-state index contributed by atoms with van der Waals surface area (Å²) < 4.78 is 5.91. The molecule has 1 heteroatoms. The molecule has 0 radical (unpaired) electrons. The van der Waals surface area contributed by atoms with Gasteiger partial charge in [-0.25, -0.2) is 0 Å². The van der Waals surface area contributed by atoms with Gasteiger partial charge in [0.1, 0.15) is 0 Å².